The van der Waals surface area contributed by atoms with Crippen LogP contribution in [0.25, 0.3) is 0 Å². The first kappa shape index (κ1) is 8.06. The minimum absolute atomic E-state index is 1.33. The quantitative estimate of drug-likeness (QED) is 0.532. The predicted octanol–water partition coefficient (Wildman–Crippen LogP) is 3.40. The molecule has 0 aromatic carbocycles. The summed E-state index contributed by atoms with van der Waals surface area (Å²) in [5.74, 6) is 0. The van der Waals surface area contributed by atoms with Crippen molar-refractivity contribution >= 4 is 0 Å². The lowest BCUT2D eigenvalue weighted by Crippen LogP contribution is -1.76. The highest BCUT2D eigenvalue weighted by Gasteiger charge is 1.94. The van der Waals surface area contributed by atoms with Crippen LogP contribution in [0.4, 0.5) is 0 Å². The molecule has 11 heavy (non-hydrogen) atoms. The van der Waals surface area contributed by atoms with Gasteiger partial charge in [0.05, 0.1) is 0 Å². The van der Waals surface area contributed by atoms with Crippen molar-refractivity contribution in [3.8, 4) is 0 Å². The summed E-state index contributed by atoms with van der Waals surface area (Å²) >= 11 is 0. The van der Waals surface area contributed by atoms with E-state index in [4.69, 9.17) is 0 Å². The van der Waals surface area contributed by atoms with E-state index in [2.05, 4.69) is 51.2 Å². The van der Waals surface area contributed by atoms with Gasteiger partial charge in [0.15, 0.2) is 0 Å². The second-order valence-corrected chi connectivity index (χ2v) is 3.08. The molecule has 0 heteroatoms. The smallest absolute Gasteiger partial charge is 0.0227 e. The van der Waals surface area contributed by atoms with Gasteiger partial charge < -0.3 is 0 Å². The molecule has 0 spiro atoms. The number of rotatable bonds is 1. The third-order valence-corrected chi connectivity index (χ3v) is 1.62. The molecule has 0 aliphatic heterocycles. The molecule has 1 aliphatic carbocycles. The molecule has 0 unspecified atom stereocenters. The Hall–Kier alpha value is -1.04. The van der Waals surface area contributed by atoms with E-state index in [1.54, 1.807) is 0 Å². The predicted molar refractivity (Wildman–Crippen MR) is 50.4 cm³/mol. The second-order valence-electron chi connectivity index (χ2n) is 3.08. The molecule has 0 bridgehead atoms. The highest BCUT2D eigenvalue weighted by atomic mass is 14.0. The van der Waals surface area contributed by atoms with Crippen LogP contribution in [0.2, 0.25) is 0 Å². The molecule has 0 fully saturated rings. The lowest BCUT2D eigenvalue weighted by atomic mass is 10.1. The van der Waals surface area contributed by atoms with E-state index in [1.165, 1.54) is 16.7 Å². The molecule has 0 nitrogen and oxygen atoms in total. The summed E-state index contributed by atoms with van der Waals surface area (Å²) < 4.78 is 0. The average Bonchev–Trinajstić information content (AvgIpc) is 2.35. The van der Waals surface area contributed by atoms with Gasteiger partial charge in [0.25, 0.3) is 0 Å². The van der Waals surface area contributed by atoms with Crippen molar-refractivity contribution in [3.63, 3.8) is 0 Å². The minimum atomic E-state index is 1.33. The largest absolute Gasteiger partial charge is 0.0762 e. The lowest BCUT2D eigenvalue weighted by molar-refractivity contribution is 1.34. The average molecular weight is 146 g/mol. The van der Waals surface area contributed by atoms with Crippen molar-refractivity contribution in [2.24, 2.45) is 0 Å². The third kappa shape index (κ3) is 2.23. The molecular formula is C11H14. The molecule has 1 rings (SSSR count). The van der Waals surface area contributed by atoms with Gasteiger partial charge in [-0.25, -0.2) is 0 Å². The highest BCUT2D eigenvalue weighted by molar-refractivity contribution is 5.46. The van der Waals surface area contributed by atoms with Gasteiger partial charge in [-0.05, 0) is 31.9 Å². The molecule has 0 amide bonds. The van der Waals surface area contributed by atoms with Crippen molar-refractivity contribution in [2.45, 2.75) is 20.8 Å². The van der Waals surface area contributed by atoms with Gasteiger partial charge >= 0.3 is 0 Å². The first-order valence-corrected chi connectivity index (χ1v) is 3.90. The summed E-state index contributed by atoms with van der Waals surface area (Å²) in [5, 5.41) is 0. The van der Waals surface area contributed by atoms with Crippen LogP contribution >= 0.6 is 0 Å². The standard InChI is InChI=1S/C11H14/c1-9(2)8-10(3)11-6-4-5-7-11/h4-8H,1-3H3. The van der Waals surface area contributed by atoms with Crippen LogP contribution in [0, 0.1) is 0 Å². The van der Waals surface area contributed by atoms with E-state index in [-0.39, 0.29) is 0 Å². The van der Waals surface area contributed by atoms with Crippen LogP contribution < -0.4 is 0 Å². The van der Waals surface area contributed by atoms with Crippen LogP contribution in [0.3, 0.4) is 0 Å². The summed E-state index contributed by atoms with van der Waals surface area (Å²) in [5.41, 5.74) is 4.02. The normalized spacial score (nSPS) is 13.9. The van der Waals surface area contributed by atoms with E-state index in [0.717, 1.165) is 0 Å². The monoisotopic (exact) mass is 146 g/mol. The zero-order chi connectivity index (χ0) is 8.27. The van der Waals surface area contributed by atoms with Crippen LogP contribution in [0.5, 0.6) is 0 Å². The van der Waals surface area contributed by atoms with Crippen LogP contribution in [0.15, 0.2) is 47.1 Å². The number of allylic oxidation sites excluding steroid dienone is 8. The molecule has 1 aliphatic rings. The first-order valence-electron chi connectivity index (χ1n) is 3.90. The molecular weight excluding hydrogens is 132 g/mol. The van der Waals surface area contributed by atoms with E-state index < -0.39 is 0 Å². The minimum Gasteiger partial charge on any atom is -0.0762 e. The molecule has 0 radical (unpaired) electrons. The maximum atomic E-state index is 2.20. The molecule has 0 atom stereocenters. The molecule has 0 saturated carbocycles. The lowest BCUT2D eigenvalue weighted by Gasteiger charge is -1.96. The first-order chi connectivity index (χ1) is 5.20. The molecule has 0 aromatic heterocycles. The van der Waals surface area contributed by atoms with Crippen molar-refractivity contribution in [2.75, 3.05) is 0 Å². The topological polar surface area (TPSA) is 0 Å². The SMILES string of the molecule is CC(C)=CC(C)=C1C=CC=C1. The zero-order valence-electron chi connectivity index (χ0n) is 7.39. The fourth-order valence-corrected chi connectivity index (χ4v) is 1.15. The van der Waals surface area contributed by atoms with Crippen molar-refractivity contribution in [3.05, 3.63) is 47.1 Å². The highest BCUT2D eigenvalue weighted by Crippen LogP contribution is 2.14. The van der Waals surface area contributed by atoms with Crippen LogP contribution in [0.1, 0.15) is 20.8 Å². The van der Waals surface area contributed by atoms with E-state index in [1.807, 2.05) is 0 Å². The van der Waals surface area contributed by atoms with Gasteiger partial charge in [0.1, 0.15) is 0 Å². The Morgan fingerprint density at radius 3 is 2.09 bits per heavy atom. The molecule has 0 aromatic rings. The molecule has 0 N–H and O–H groups in total. The molecule has 0 saturated heterocycles. The zero-order valence-corrected chi connectivity index (χ0v) is 7.39. The Morgan fingerprint density at radius 1 is 1.09 bits per heavy atom. The Kier molecular flexibility index (Phi) is 2.48. The van der Waals surface area contributed by atoms with Gasteiger partial charge in [0.2, 0.25) is 0 Å². The Bertz CT molecular complexity index is 242. The fourth-order valence-electron chi connectivity index (χ4n) is 1.15. The summed E-state index contributed by atoms with van der Waals surface area (Å²) in [7, 11) is 0. The van der Waals surface area contributed by atoms with E-state index in [0.29, 0.717) is 0 Å². The van der Waals surface area contributed by atoms with Gasteiger partial charge in [-0.3, -0.25) is 0 Å². The second kappa shape index (κ2) is 3.38. The van der Waals surface area contributed by atoms with Crippen molar-refractivity contribution in [1.29, 1.82) is 0 Å². The third-order valence-electron chi connectivity index (χ3n) is 1.62. The Labute approximate surface area is 68.6 Å². The molecule has 0 heterocycles. The van der Waals surface area contributed by atoms with Crippen LogP contribution in [-0.2, 0) is 0 Å². The van der Waals surface area contributed by atoms with Crippen LogP contribution in [-0.4, -0.2) is 0 Å². The van der Waals surface area contributed by atoms with E-state index >= 15 is 0 Å². The number of hydrogen-bond acceptors (Lipinski definition) is 0. The Balaban J connectivity index is 2.89. The fraction of sp³-hybridized carbons (Fsp3) is 0.273. The van der Waals surface area contributed by atoms with Gasteiger partial charge in [-0.1, -0.05) is 36.0 Å². The Morgan fingerprint density at radius 2 is 1.64 bits per heavy atom. The van der Waals surface area contributed by atoms with Crippen molar-refractivity contribution in [1.82, 2.24) is 0 Å². The summed E-state index contributed by atoms with van der Waals surface area (Å²) in [4.78, 5) is 0. The summed E-state index contributed by atoms with van der Waals surface area (Å²) in [6, 6.07) is 0. The number of hydrogen-bond donors (Lipinski definition) is 0. The van der Waals surface area contributed by atoms with Crippen molar-refractivity contribution < 1.29 is 0 Å². The van der Waals surface area contributed by atoms with Gasteiger partial charge in [-0.15, -0.1) is 0 Å². The molecule has 58 valence electrons. The maximum Gasteiger partial charge on any atom is -0.0227 e. The maximum absolute atomic E-state index is 2.20. The van der Waals surface area contributed by atoms with Gasteiger partial charge in [0, 0.05) is 0 Å². The summed E-state index contributed by atoms with van der Waals surface area (Å²) in [6.07, 6.45) is 10.6. The van der Waals surface area contributed by atoms with E-state index in [9.17, 15) is 0 Å². The van der Waals surface area contributed by atoms with Gasteiger partial charge in [-0.2, -0.15) is 0 Å². The summed E-state index contributed by atoms with van der Waals surface area (Å²) in [6.45, 7) is 6.38.